The Morgan fingerprint density at radius 3 is 2.56 bits per heavy atom. The van der Waals surface area contributed by atoms with Crippen LogP contribution in [0.4, 0.5) is 13.2 Å². The van der Waals surface area contributed by atoms with Gasteiger partial charge in [-0.3, -0.25) is 4.79 Å². The van der Waals surface area contributed by atoms with Gasteiger partial charge in [-0.15, -0.1) is 5.10 Å². The predicted octanol–water partition coefficient (Wildman–Crippen LogP) is 5.17. The minimum atomic E-state index is -4.51. The van der Waals surface area contributed by atoms with E-state index in [0.29, 0.717) is 30.6 Å². The fourth-order valence-corrected chi connectivity index (χ4v) is 4.61. The van der Waals surface area contributed by atoms with Crippen molar-refractivity contribution in [3.8, 4) is 5.69 Å². The lowest BCUT2D eigenvalue weighted by Gasteiger charge is -2.40. The maximum absolute atomic E-state index is 13.8. The molecule has 0 radical (unpaired) electrons. The van der Waals surface area contributed by atoms with Crippen LogP contribution in [0.25, 0.3) is 5.69 Å². The lowest BCUT2D eigenvalue weighted by atomic mass is 9.86. The number of carbonyl (C=O) groups excluding carboxylic acids is 1. The number of nitrogens with zero attached hydrogens (tertiary/aromatic N) is 5. The number of amides is 1. The number of alkyl halides is 3. The fraction of sp³-hybridized carbons (Fsp3) is 0.440. The molecule has 0 bridgehead atoms. The number of benzene rings is 1. The molecule has 1 saturated heterocycles. The minimum absolute atomic E-state index is 0.0435. The van der Waals surface area contributed by atoms with Crippen molar-refractivity contribution in [1.29, 1.82) is 0 Å². The molecular formula is C25H28F3N5O. The van der Waals surface area contributed by atoms with Gasteiger partial charge in [0.05, 0.1) is 22.6 Å². The highest BCUT2D eigenvalue weighted by atomic mass is 19.4. The largest absolute Gasteiger partial charge is 0.435 e. The Morgan fingerprint density at radius 1 is 1.12 bits per heavy atom. The Kier molecular flexibility index (Phi) is 6.72. The monoisotopic (exact) mass is 471 g/mol. The van der Waals surface area contributed by atoms with E-state index in [9.17, 15) is 18.0 Å². The zero-order chi connectivity index (χ0) is 24.5. The summed E-state index contributed by atoms with van der Waals surface area (Å²) in [6.45, 7) is 6.61. The van der Waals surface area contributed by atoms with E-state index in [-0.39, 0.29) is 17.9 Å². The van der Waals surface area contributed by atoms with Gasteiger partial charge in [0, 0.05) is 18.8 Å². The van der Waals surface area contributed by atoms with Crippen LogP contribution >= 0.6 is 0 Å². The highest BCUT2D eigenvalue weighted by Crippen LogP contribution is 2.30. The van der Waals surface area contributed by atoms with Gasteiger partial charge in [-0.05, 0) is 75.8 Å². The molecule has 2 atom stereocenters. The number of rotatable bonds is 5. The van der Waals surface area contributed by atoms with Crippen LogP contribution in [0.15, 0.2) is 42.6 Å². The van der Waals surface area contributed by atoms with Crippen LogP contribution in [0.2, 0.25) is 0 Å². The predicted molar refractivity (Wildman–Crippen MR) is 122 cm³/mol. The van der Waals surface area contributed by atoms with Crippen LogP contribution in [0.3, 0.4) is 0 Å². The Bertz CT molecular complexity index is 1160. The second kappa shape index (κ2) is 9.56. The maximum Gasteiger partial charge on any atom is 0.435 e. The molecule has 2 aromatic heterocycles. The van der Waals surface area contributed by atoms with Crippen LogP contribution in [0, 0.1) is 19.8 Å². The van der Waals surface area contributed by atoms with Gasteiger partial charge in [-0.1, -0.05) is 18.6 Å². The summed E-state index contributed by atoms with van der Waals surface area (Å²) in [4.78, 5) is 15.7. The van der Waals surface area contributed by atoms with E-state index >= 15 is 0 Å². The zero-order valence-electron chi connectivity index (χ0n) is 19.5. The standard InChI is InChI=1S/C25H28F3N5O/c1-16-6-9-22(33-14-12-18(3)31-33)20(15-16)24(34)32-13-4-5-17(2)21(32)10-7-19-8-11-23(30-29-19)25(26,27)28/h6,8-9,11-12,14-15,17,21H,4-5,7,10,13H2,1-3H3/t17-,21-/m1/s1. The van der Waals surface area contributed by atoms with Crippen LogP contribution in [-0.4, -0.2) is 43.4 Å². The van der Waals surface area contributed by atoms with E-state index < -0.39 is 11.9 Å². The molecule has 1 amide bonds. The fourth-order valence-electron chi connectivity index (χ4n) is 4.61. The summed E-state index contributed by atoms with van der Waals surface area (Å²) in [5.74, 6) is 0.210. The molecule has 6 nitrogen and oxygen atoms in total. The first-order chi connectivity index (χ1) is 16.1. The van der Waals surface area contributed by atoms with Crippen molar-refractivity contribution in [3.63, 3.8) is 0 Å². The molecule has 3 aromatic rings. The summed E-state index contributed by atoms with van der Waals surface area (Å²) >= 11 is 0. The van der Waals surface area contributed by atoms with Crippen molar-refractivity contribution in [1.82, 2.24) is 24.9 Å². The van der Waals surface area contributed by atoms with E-state index in [0.717, 1.165) is 35.9 Å². The van der Waals surface area contributed by atoms with Crippen molar-refractivity contribution in [2.45, 2.75) is 58.7 Å². The second-order valence-corrected chi connectivity index (χ2v) is 9.05. The van der Waals surface area contributed by atoms with E-state index in [1.165, 1.54) is 6.07 Å². The summed E-state index contributed by atoms with van der Waals surface area (Å²) < 4.78 is 40.1. The number of hydrogen-bond donors (Lipinski definition) is 0. The lowest BCUT2D eigenvalue weighted by molar-refractivity contribution is -0.141. The SMILES string of the molecule is Cc1ccc(-n2ccc(C)n2)c(C(=O)N2CCC[C@@H](C)[C@H]2CCc2ccc(C(F)(F)F)nn2)c1. The second-order valence-electron chi connectivity index (χ2n) is 9.05. The summed E-state index contributed by atoms with van der Waals surface area (Å²) in [7, 11) is 0. The normalized spacial score (nSPS) is 18.8. The van der Waals surface area contributed by atoms with E-state index in [1.54, 1.807) is 4.68 Å². The molecule has 0 N–H and O–H groups in total. The van der Waals surface area contributed by atoms with Crippen LogP contribution < -0.4 is 0 Å². The van der Waals surface area contributed by atoms with Gasteiger partial charge in [-0.25, -0.2) is 4.68 Å². The molecule has 1 aliphatic heterocycles. The molecule has 9 heteroatoms. The quantitative estimate of drug-likeness (QED) is 0.515. The summed E-state index contributed by atoms with van der Waals surface area (Å²) in [5.41, 5.74) is 2.66. The molecule has 1 fully saturated rings. The van der Waals surface area contributed by atoms with E-state index in [4.69, 9.17) is 0 Å². The first-order valence-electron chi connectivity index (χ1n) is 11.5. The van der Waals surface area contributed by atoms with Gasteiger partial charge in [0.2, 0.25) is 0 Å². The number of carbonyl (C=O) groups is 1. The third-order valence-corrected chi connectivity index (χ3v) is 6.43. The van der Waals surface area contributed by atoms with E-state index in [2.05, 4.69) is 22.2 Å². The van der Waals surface area contributed by atoms with Crippen molar-refractivity contribution < 1.29 is 18.0 Å². The van der Waals surface area contributed by atoms with Crippen molar-refractivity contribution in [2.75, 3.05) is 6.54 Å². The lowest BCUT2D eigenvalue weighted by Crippen LogP contribution is -2.48. The molecule has 1 aliphatic rings. The topological polar surface area (TPSA) is 63.9 Å². The van der Waals surface area contributed by atoms with Crippen LogP contribution in [-0.2, 0) is 12.6 Å². The third kappa shape index (κ3) is 5.13. The van der Waals surface area contributed by atoms with Gasteiger partial charge >= 0.3 is 6.18 Å². The molecular weight excluding hydrogens is 443 g/mol. The van der Waals surface area contributed by atoms with Gasteiger partial charge in [0.1, 0.15) is 0 Å². The minimum Gasteiger partial charge on any atom is -0.335 e. The van der Waals surface area contributed by atoms with Crippen molar-refractivity contribution in [3.05, 3.63) is 70.8 Å². The number of hydrogen-bond acceptors (Lipinski definition) is 4. The van der Waals surface area contributed by atoms with Crippen LogP contribution in [0.5, 0.6) is 0 Å². The Morgan fingerprint density at radius 2 is 1.91 bits per heavy atom. The molecule has 34 heavy (non-hydrogen) atoms. The van der Waals surface area contributed by atoms with Gasteiger partial charge in [-0.2, -0.15) is 23.4 Å². The Labute approximate surface area is 196 Å². The first-order valence-corrected chi connectivity index (χ1v) is 11.5. The summed E-state index contributed by atoms with van der Waals surface area (Å²) in [6, 6.07) is 9.95. The Balaban J connectivity index is 1.57. The first kappa shape index (κ1) is 23.9. The van der Waals surface area contributed by atoms with Gasteiger partial charge in [0.15, 0.2) is 5.69 Å². The van der Waals surface area contributed by atoms with Crippen molar-refractivity contribution >= 4 is 5.91 Å². The highest BCUT2D eigenvalue weighted by Gasteiger charge is 2.34. The molecule has 0 aliphatic carbocycles. The molecule has 0 spiro atoms. The summed E-state index contributed by atoms with van der Waals surface area (Å²) in [6.07, 6.45) is 0.289. The van der Waals surface area contributed by atoms with E-state index in [1.807, 2.05) is 49.2 Å². The highest BCUT2D eigenvalue weighted by molar-refractivity contribution is 5.98. The number of likely N-dealkylation sites (tertiary alicyclic amines) is 1. The van der Waals surface area contributed by atoms with Gasteiger partial charge in [0.25, 0.3) is 5.91 Å². The number of halogens is 3. The zero-order valence-corrected chi connectivity index (χ0v) is 19.5. The average Bonchev–Trinajstić information content (AvgIpc) is 3.23. The average molecular weight is 472 g/mol. The molecule has 0 unspecified atom stereocenters. The maximum atomic E-state index is 13.8. The molecule has 0 saturated carbocycles. The molecule has 1 aromatic carbocycles. The van der Waals surface area contributed by atoms with Crippen LogP contribution in [0.1, 0.15) is 59.2 Å². The number of aromatic nitrogens is 4. The third-order valence-electron chi connectivity index (χ3n) is 6.43. The Hall–Kier alpha value is -3.23. The number of aryl methyl sites for hydroxylation is 3. The smallest absolute Gasteiger partial charge is 0.335 e. The molecule has 4 rings (SSSR count). The van der Waals surface area contributed by atoms with Gasteiger partial charge < -0.3 is 4.90 Å². The molecule has 180 valence electrons. The van der Waals surface area contributed by atoms with Crippen molar-refractivity contribution in [2.24, 2.45) is 5.92 Å². The summed E-state index contributed by atoms with van der Waals surface area (Å²) in [5, 5.41) is 11.6. The number of piperidine rings is 1. The molecule has 3 heterocycles.